The van der Waals surface area contributed by atoms with Gasteiger partial charge in [0, 0.05) is 22.5 Å². The summed E-state index contributed by atoms with van der Waals surface area (Å²) in [5.74, 6) is 0. The first-order valence-corrected chi connectivity index (χ1v) is 6.91. The second-order valence-corrected chi connectivity index (χ2v) is 5.11. The fourth-order valence-electron chi connectivity index (χ4n) is 2.72. The van der Waals surface area contributed by atoms with Crippen LogP contribution >= 0.6 is 0 Å². The second-order valence-electron chi connectivity index (χ2n) is 5.11. The molecule has 0 fully saturated rings. The van der Waals surface area contributed by atoms with Crippen LogP contribution in [0.2, 0.25) is 0 Å². The third kappa shape index (κ3) is 1.90. The lowest BCUT2D eigenvalue weighted by atomic mass is 10.1. The van der Waals surface area contributed by atoms with Gasteiger partial charge in [0.25, 0.3) is 0 Å². The lowest BCUT2D eigenvalue weighted by Gasteiger charge is -2.16. The third-order valence-corrected chi connectivity index (χ3v) is 3.71. The Balaban J connectivity index is 1.75. The first kappa shape index (κ1) is 11.4. The maximum absolute atomic E-state index is 5.84. The zero-order chi connectivity index (χ0) is 13.4. The molecule has 1 atom stereocenters. The maximum Gasteiger partial charge on any atom is 0.135 e. The van der Waals surface area contributed by atoms with Gasteiger partial charge in [0.1, 0.15) is 11.2 Å². The highest BCUT2D eigenvalue weighted by atomic mass is 16.3. The van der Waals surface area contributed by atoms with Crippen LogP contribution in [-0.2, 0) is 0 Å². The van der Waals surface area contributed by atoms with Crippen molar-refractivity contribution in [2.75, 3.05) is 5.32 Å². The number of rotatable bonds is 2. The molecule has 1 heterocycles. The molecule has 98 valence electrons. The highest BCUT2D eigenvalue weighted by Crippen LogP contribution is 2.30. The second kappa shape index (κ2) is 4.57. The summed E-state index contributed by atoms with van der Waals surface area (Å²) in [4.78, 5) is 0. The predicted octanol–water partition coefficient (Wildman–Crippen LogP) is 4.88. The van der Waals surface area contributed by atoms with E-state index >= 15 is 0 Å². The monoisotopic (exact) mass is 261 g/mol. The molecule has 1 aliphatic rings. The zero-order valence-corrected chi connectivity index (χ0v) is 11.0. The van der Waals surface area contributed by atoms with Crippen molar-refractivity contribution in [2.45, 2.75) is 12.5 Å². The Labute approximate surface area is 117 Å². The lowest BCUT2D eigenvalue weighted by Crippen LogP contribution is -2.16. The zero-order valence-electron chi connectivity index (χ0n) is 11.0. The number of anilines is 1. The molecule has 2 aromatic carbocycles. The van der Waals surface area contributed by atoms with E-state index in [-0.39, 0.29) is 0 Å². The molecule has 4 rings (SSSR count). The van der Waals surface area contributed by atoms with Crippen molar-refractivity contribution in [2.24, 2.45) is 0 Å². The average molecular weight is 261 g/mol. The summed E-state index contributed by atoms with van der Waals surface area (Å²) >= 11 is 0. The van der Waals surface area contributed by atoms with Crippen molar-refractivity contribution < 1.29 is 4.42 Å². The molecule has 0 radical (unpaired) electrons. The Morgan fingerprint density at radius 3 is 2.75 bits per heavy atom. The minimum absolute atomic E-state index is 0.371. The van der Waals surface area contributed by atoms with Crippen molar-refractivity contribution in [3.8, 4) is 0 Å². The summed E-state index contributed by atoms with van der Waals surface area (Å²) in [5, 5.41) is 5.89. The summed E-state index contributed by atoms with van der Waals surface area (Å²) in [7, 11) is 0. The van der Waals surface area contributed by atoms with Crippen molar-refractivity contribution >= 4 is 27.6 Å². The molecule has 20 heavy (non-hydrogen) atoms. The number of para-hydroxylation sites is 1. The van der Waals surface area contributed by atoms with E-state index in [1.165, 1.54) is 10.8 Å². The summed E-state index contributed by atoms with van der Waals surface area (Å²) in [6.07, 6.45) is 9.58. The van der Waals surface area contributed by atoms with E-state index in [2.05, 4.69) is 47.8 Å². The Kier molecular flexibility index (Phi) is 2.59. The first-order valence-electron chi connectivity index (χ1n) is 6.91. The molecule has 0 bridgehead atoms. The molecule has 1 unspecified atom stereocenters. The van der Waals surface area contributed by atoms with E-state index in [4.69, 9.17) is 4.42 Å². The Hall–Kier alpha value is -2.48. The molecule has 0 aliphatic heterocycles. The molecular weight excluding hydrogens is 246 g/mol. The molecule has 2 nitrogen and oxygen atoms in total. The molecule has 1 N–H and O–H groups in total. The van der Waals surface area contributed by atoms with Gasteiger partial charge >= 0.3 is 0 Å². The quantitative estimate of drug-likeness (QED) is 0.711. The molecular formula is C18H15NO. The number of fused-ring (bicyclic) bond motifs is 3. The fraction of sp³-hybridized carbons (Fsp3) is 0.111. The van der Waals surface area contributed by atoms with Gasteiger partial charge in [-0.3, -0.25) is 0 Å². The highest BCUT2D eigenvalue weighted by Gasteiger charge is 2.09. The summed E-state index contributed by atoms with van der Waals surface area (Å²) in [6, 6.07) is 14.8. The van der Waals surface area contributed by atoms with Gasteiger partial charge in [-0.25, -0.2) is 0 Å². The normalized spacial score (nSPS) is 17.9. The summed E-state index contributed by atoms with van der Waals surface area (Å²) in [6.45, 7) is 0. The van der Waals surface area contributed by atoms with E-state index in [1.807, 2.05) is 24.3 Å². The van der Waals surface area contributed by atoms with Crippen LogP contribution < -0.4 is 5.32 Å². The van der Waals surface area contributed by atoms with Gasteiger partial charge in [-0.05, 0) is 30.7 Å². The van der Waals surface area contributed by atoms with Crippen LogP contribution in [0.15, 0.2) is 71.2 Å². The highest BCUT2D eigenvalue weighted by molar-refractivity contribution is 6.05. The van der Waals surface area contributed by atoms with Crippen molar-refractivity contribution in [1.29, 1.82) is 0 Å². The molecule has 1 aliphatic carbocycles. The van der Waals surface area contributed by atoms with Gasteiger partial charge in [0.05, 0.1) is 0 Å². The molecule has 1 aromatic heterocycles. The number of benzene rings is 2. The van der Waals surface area contributed by atoms with Crippen LogP contribution in [0.3, 0.4) is 0 Å². The molecule has 3 aromatic rings. The van der Waals surface area contributed by atoms with E-state index in [0.29, 0.717) is 6.04 Å². The van der Waals surface area contributed by atoms with Crippen LogP contribution in [0.1, 0.15) is 6.42 Å². The SMILES string of the molecule is C1=CCC(Nc2ccc3oc4ccccc4c3c2)C=C1. The fourth-order valence-corrected chi connectivity index (χ4v) is 2.72. The molecule has 0 spiro atoms. The minimum Gasteiger partial charge on any atom is -0.456 e. The van der Waals surface area contributed by atoms with Gasteiger partial charge in [-0.2, -0.15) is 0 Å². The minimum atomic E-state index is 0.371. The van der Waals surface area contributed by atoms with Crippen LogP contribution in [0.25, 0.3) is 21.9 Å². The Morgan fingerprint density at radius 2 is 1.85 bits per heavy atom. The van der Waals surface area contributed by atoms with Gasteiger partial charge in [-0.15, -0.1) is 0 Å². The van der Waals surface area contributed by atoms with Crippen LogP contribution in [0, 0.1) is 0 Å². The van der Waals surface area contributed by atoms with Crippen molar-refractivity contribution in [3.05, 3.63) is 66.8 Å². The number of furan rings is 1. The summed E-state index contributed by atoms with van der Waals surface area (Å²) < 4.78 is 5.84. The Morgan fingerprint density at radius 1 is 0.950 bits per heavy atom. The van der Waals surface area contributed by atoms with Crippen LogP contribution in [0.5, 0.6) is 0 Å². The summed E-state index contributed by atoms with van der Waals surface area (Å²) in [5.41, 5.74) is 3.02. The van der Waals surface area contributed by atoms with E-state index < -0.39 is 0 Å². The van der Waals surface area contributed by atoms with Crippen molar-refractivity contribution in [1.82, 2.24) is 0 Å². The smallest absolute Gasteiger partial charge is 0.135 e. The standard InChI is InChI=1S/C18H15NO/c1-2-6-13(7-3-1)19-14-10-11-18-16(12-14)15-8-4-5-9-17(15)20-18/h1-6,8-13,19H,7H2. The molecule has 0 saturated carbocycles. The largest absolute Gasteiger partial charge is 0.456 e. The maximum atomic E-state index is 5.84. The van der Waals surface area contributed by atoms with Crippen LogP contribution in [-0.4, -0.2) is 6.04 Å². The Bertz CT molecular complexity index is 826. The van der Waals surface area contributed by atoms with Crippen molar-refractivity contribution in [3.63, 3.8) is 0 Å². The number of hydrogen-bond donors (Lipinski definition) is 1. The van der Waals surface area contributed by atoms with Gasteiger partial charge < -0.3 is 9.73 Å². The molecule has 2 heteroatoms. The number of allylic oxidation sites excluding steroid dienone is 2. The van der Waals surface area contributed by atoms with E-state index in [9.17, 15) is 0 Å². The lowest BCUT2D eigenvalue weighted by molar-refractivity contribution is 0.669. The first-order chi connectivity index (χ1) is 9.90. The van der Waals surface area contributed by atoms with Gasteiger partial charge in [-0.1, -0.05) is 42.5 Å². The van der Waals surface area contributed by atoms with E-state index in [0.717, 1.165) is 23.3 Å². The number of nitrogens with one attached hydrogen (secondary N) is 1. The van der Waals surface area contributed by atoms with Crippen LogP contribution in [0.4, 0.5) is 5.69 Å². The average Bonchev–Trinajstić information content (AvgIpc) is 2.86. The number of hydrogen-bond acceptors (Lipinski definition) is 2. The van der Waals surface area contributed by atoms with E-state index in [1.54, 1.807) is 0 Å². The van der Waals surface area contributed by atoms with Gasteiger partial charge in [0.2, 0.25) is 0 Å². The molecule has 0 amide bonds. The predicted molar refractivity (Wildman–Crippen MR) is 84.0 cm³/mol. The molecule has 0 saturated heterocycles. The third-order valence-electron chi connectivity index (χ3n) is 3.71. The topological polar surface area (TPSA) is 25.2 Å². The van der Waals surface area contributed by atoms with Gasteiger partial charge in [0.15, 0.2) is 0 Å².